The molecular weight excluding hydrogens is 242 g/mol. The molecule has 2 N–H and O–H groups in total. The molecule has 1 fully saturated rings. The number of aliphatic hydroxyl groups is 1. The Morgan fingerprint density at radius 2 is 1.79 bits per heavy atom. The van der Waals surface area contributed by atoms with Crippen LogP contribution in [0.15, 0.2) is 18.2 Å². The van der Waals surface area contributed by atoms with E-state index in [0.29, 0.717) is 13.2 Å². The third-order valence-corrected chi connectivity index (χ3v) is 3.87. The number of hydrogen-bond donors (Lipinski definition) is 2. The van der Waals surface area contributed by atoms with Crippen LogP contribution >= 0.6 is 0 Å². The van der Waals surface area contributed by atoms with Crippen LogP contribution in [-0.2, 0) is 0 Å². The Balaban J connectivity index is 1.71. The Bertz CT molecular complexity index is 435. The average Bonchev–Trinajstić information content (AvgIpc) is 2.64. The number of hydrogen-bond acceptors (Lipinski definition) is 4. The molecule has 1 aliphatic heterocycles. The lowest BCUT2D eigenvalue weighted by Crippen LogP contribution is -2.32. The largest absolute Gasteiger partial charge is 0.486 e. The smallest absolute Gasteiger partial charge is 0.163 e. The van der Waals surface area contributed by atoms with Crippen LogP contribution in [0.4, 0.5) is 5.69 Å². The van der Waals surface area contributed by atoms with Gasteiger partial charge in [0.15, 0.2) is 11.5 Å². The zero-order valence-electron chi connectivity index (χ0n) is 11.1. The summed E-state index contributed by atoms with van der Waals surface area (Å²) in [5, 5.41) is 13.6. The summed E-state index contributed by atoms with van der Waals surface area (Å²) < 4.78 is 11.1. The Kier molecular flexibility index (Phi) is 3.78. The monoisotopic (exact) mass is 263 g/mol. The molecule has 0 bridgehead atoms. The quantitative estimate of drug-likeness (QED) is 0.805. The zero-order chi connectivity index (χ0) is 13.1. The number of aliphatic hydroxyl groups excluding tert-OH is 1. The maximum Gasteiger partial charge on any atom is 0.163 e. The minimum atomic E-state index is -0.254. The average molecular weight is 263 g/mol. The van der Waals surface area contributed by atoms with E-state index in [1.165, 1.54) is 12.8 Å². The molecular formula is C15H21NO3. The lowest BCUT2D eigenvalue weighted by atomic mass is 10.1. The van der Waals surface area contributed by atoms with Crippen LogP contribution in [0, 0.1) is 0 Å². The van der Waals surface area contributed by atoms with Gasteiger partial charge in [-0.15, -0.1) is 0 Å². The molecule has 104 valence electrons. The van der Waals surface area contributed by atoms with Crippen molar-refractivity contribution in [1.29, 1.82) is 0 Å². The second kappa shape index (κ2) is 5.70. The first-order valence-electron chi connectivity index (χ1n) is 7.17. The summed E-state index contributed by atoms with van der Waals surface area (Å²) in [6.45, 7) is 1.21. The number of anilines is 1. The van der Waals surface area contributed by atoms with Gasteiger partial charge in [-0.25, -0.2) is 0 Å². The van der Waals surface area contributed by atoms with Crippen molar-refractivity contribution in [2.75, 3.05) is 18.5 Å². The maximum atomic E-state index is 10.1. The van der Waals surface area contributed by atoms with Crippen molar-refractivity contribution in [1.82, 2.24) is 0 Å². The van der Waals surface area contributed by atoms with E-state index in [1.807, 2.05) is 18.2 Å². The van der Waals surface area contributed by atoms with Crippen LogP contribution in [0.1, 0.15) is 32.1 Å². The highest BCUT2D eigenvalue weighted by Crippen LogP contribution is 2.33. The first-order valence-corrected chi connectivity index (χ1v) is 7.17. The number of ether oxygens (including phenoxy) is 2. The highest BCUT2D eigenvalue weighted by molar-refractivity contribution is 5.55. The van der Waals surface area contributed by atoms with E-state index in [0.717, 1.165) is 36.4 Å². The number of fused-ring (bicyclic) bond motifs is 1. The topological polar surface area (TPSA) is 50.7 Å². The summed E-state index contributed by atoms with van der Waals surface area (Å²) >= 11 is 0. The van der Waals surface area contributed by atoms with Gasteiger partial charge in [-0.2, -0.15) is 0 Å². The lowest BCUT2D eigenvalue weighted by molar-refractivity contribution is 0.144. The Labute approximate surface area is 113 Å². The molecule has 1 aliphatic carbocycles. The van der Waals surface area contributed by atoms with Crippen LogP contribution in [-0.4, -0.2) is 30.5 Å². The number of rotatable bonds is 2. The normalized spacial score (nSPS) is 26.6. The van der Waals surface area contributed by atoms with Crippen LogP contribution in [0.25, 0.3) is 0 Å². The van der Waals surface area contributed by atoms with Gasteiger partial charge in [-0.3, -0.25) is 0 Å². The first-order chi connectivity index (χ1) is 9.33. The zero-order valence-corrected chi connectivity index (χ0v) is 11.1. The molecule has 0 spiro atoms. The van der Waals surface area contributed by atoms with Crippen LogP contribution < -0.4 is 14.8 Å². The fourth-order valence-electron chi connectivity index (χ4n) is 2.80. The second-order valence-electron chi connectivity index (χ2n) is 5.31. The Morgan fingerprint density at radius 3 is 2.68 bits per heavy atom. The minimum Gasteiger partial charge on any atom is -0.486 e. The van der Waals surface area contributed by atoms with Crippen LogP contribution in [0.3, 0.4) is 0 Å². The van der Waals surface area contributed by atoms with E-state index >= 15 is 0 Å². The van der Waals surface area contributed by atoms with E-state index in [2.05, 4.69) is 5.32 Å². The number of nitrogens with one attached hydrogen (secondary N) is 1. The van der Waals surface area contributed by atoms with Crippen molar-refractivity contribution in [2.45, 2.75) is 44.2 Å². The van der Waals surface area contributed by atoms with Gasteiger partial charge in [0, 0.05) is 11.8 Å². The third-order valence-electron chi connectivity index (χ3n) is 3.87. The molecule has 2 unspecified atom stereocenters. The number of benzene rings is 1. The predicted octanol–water partition coefficient (Wildman–Crippen LogP) is 2.56. The summed E-state index contributed by atoms with van der Waals surface area (Å²) in [7, 11) is 0. The maximum absolute atomic E-state index is 10.1. The van der Waals surface area contributed by atoms with Crippen molar-refractivity contribution in [3.63, 3.8) is 0 Å². The Hall–Kier alpha value is -1.42. The molecule has 1 saturated carbocycles. The van der Waals surface area contributed by atoms with Crippen molar-refractivity contribution < 1.29 is 14.6 Å². The van der Waals surface area contributed by atoms with Gasteiger partial charge in [0.1, 0.15) is 13.2 Å². The first kappa shape index (κ1) is 12.6. The van der Waals surface area contributed by atoms with E-state index < -0.39 is 0 Å². The van der Waals surface area contributed by atoms with Gasteiger partial charge < -0.3 is 19.9 Å². The van der Waals surface area contributed by atoms with E-state index in [1.54, 1.807) is 0 Å². The standard InChI is InChI=1S/C15H21NO3/c17-13-5-3-1-2-4-12(13)16-11-6-7-14-15(10-11)19-9-8-18-14/h6-7,10,12-13,16-17H,1-5,8-9H2. The van der Waals surface area contributed by atoms with Gasteiger partial charge >= 0.3 is 0 Å². The van der Waals surface area contributed by atoms with Crippen LogP contribution in [0.2, 0.25) is 0 Å². The SMILES string of the molecule is OC1CCCCCC1Nc1ccc2c(c1)OCCO2. The molecule has 0 saturated heterocycles. The molecule has 4 heteroatoms. The molecule has 19 heavy (non-hydrogen) atoms. The third kappa shape index (κ3) is 2.95. The molecule has 1 aromatic carbocycles. The molecule has 1 aromatic rings. The highest BCUT2D eigenvalue weighted by Gasteiger charge is 2.22. The second-order valence-corrected chi connectivity index (χ2v) is 5.31. The van der Waals surface area contributed by atoms with Crippen molar-refractivity contribution in [3.8, 4) is 11.5 Å². The summed E-state index contributed by atoms with van der Waals surface area (Å²) in [6.07, 6.45) is 5.18. The van der Waals surface area contributed by atoms with Crippen molar-refractivity contribution >= 4 is 5.69 Å². The minimum absolute atomic E-state index is 0.144. The lowest BCUT2D eigenvalue weighted by Gasteiger charge is -2.24. The molecule has 1 heterocycles. The van der Waals surface area contributed by atoms with Gasteiger partial charge in [0.05, 0.1) is 12.1 Å². The summed E-state index contributed by atoms with van der Waals surface area (Å²) in [4.78, 5) is 0. The molecule has 0 radical (unpaired) electrons. The molecule has 0 aromatic heterocycles. The fraction of sp³-hybridized carbons (Fsp3) is 0.600. The summed E-state index contributed by atoms with van der Waals surface area (Å²) in [5.41, 5.74) is 0.996. The van der Waals surface area contributed by atoms with Gasteiger partial charge in [0.25, 0.3) is 0 Å². The van der Waals surface area contributed by atoms with Crippen LogP contribution in [0.5, 0.6) is 11.5 Å². The van der Waals surface area contributed by atoms with Gasteiger partial charge in [-0.1, -0.05) is 19.3 Å². The van der Waals surface area contributed by atoms with Gasteiger partial charge in [0.2, 0.25) is 0 Å². The predicted molar refractivity (Wildman–Crippen MR) is 73.9 cm³/mol. The molecule has 0 amide bonds. The summed E-state index contributed by atoms with van der Waals surface area (Å²) in [6, 6.07) is 6.03. The Morgan fingerprint density at radius 1 is 1.00 bits per heavy atom. The fourth-order valence-corrected chi connectivity index (χ4v) is 2.80. The molecule has 2 atom stereocenters. The molecule has 2 aliphatic rings. The van der Waals surface area contributed by atoms with Crippen molar-refractivity contribution in [2.24, 2.45) is 0 Å². The van der Waals surface area contributed by atoms with E-state index in [9.17, 15) is 5.11 Å². The van der Waals surface area contributed by atoms with Gasteiger partial charge in [-0.05, 0) is 25.0 Å². The summed E-state index contributed by atoms with van der Waals surface area (Å²) in [5.74, 6) is 1.59. The molecule has 4 nitrogen and oxygen atoms in total. The van der Waals surface area contributed by atoms with E-state index in [4.69, 9.17) is 9.47 Å². The molecule has 3 rings (SSSR count). The van der Waals surface area contributed by atoms with E-state index in [-0.39, 0.29) is 12.1 Å². The van der Waals surface area contributed by atoms with Crippen molar-refractivity contribution in [3.05, 3.63) is 18.2 Å². The highest BCUT2D eigenvalue weighted by atomic mass is 16.6.